The van der Waals surface area contributed by atoms with Gasteiger partial charge in [0, 0.05) is 39.1 Å². The molecule has 1 rings (SSSR count). The van der Waals surface area contributed by atoms with Gasteiger partial charge in [-0.1, -0.05) is 0 Å². The summed E-state index contributed by atoms with van der Waals surface area (Å²) in [5.74, 6) is 0.157. The molecule has 4 heteroatoms. The molecule has 15 heavy (non-hydrogen) atoms. The average Bonchev–Trinajstić information content (AvgIpc) is 2.43. The van der Waals surface area contributed by atoms with Gasteiger partial charge in [0.1, 0.15) is 0 Å². The molecule has 1 fully saturated rings. The topological polar surface area (TPSA) is 47.3 Å². The van der Waals surface area contributed by atoms with Gasteiger partial charge in [-0.05, 0) is 13.3 Å². The summed E-state index contributed by atoms with van der Waals surface area (Å²) >= 11 is 0. The number of carbonyl (C=O) groups is 1. The first kappa shape index (κ1) is 12.0. The summed E-state index contributed by atoms with van der Waals surface area (Å²) in [6.45, 7) is 7.23. The van der Waals surface area contributed by atoms with Crippen LogP contribution in [0, 0.1) is 11.3 Å². The van der Waals surface area contributed by atoms with Gasteiger partial charge < -0.3 is 4.90 Å². The third-order valence-electron chi connectivity index (χ3n) is 2.99. The largest absolute Gasteiger partial charge is 0.342 e. The summed E-state index contributed by atoms with van der Waals surface area (Å²) in [7, 11) is 0. The third-order valence-corrected chi connectivity index (χ3v) is 2.99. The predicted molar refractivity (Wildman–Crippen MR) is 58.1 cm³/mol. The van der Waals surface area contributed by atoms with Crippen LogP contribution in [0.25, 0.3) is 0 Å². The van der Waals surface area contributed by atoms with Crippen molar-refractivity contribution in [1.29, 1.82) is 5.26 Å². The molecule has 0 N–H and O–H groups in total. The van der Waals surface area contributed by atoms with E-state index in [9.17, 15) is 4.79 Å². The zero-order chi connectivity index (χ0) is 11.3. The van der Waals surface area contributed by atoms with E-state index in [2.05, 4.69) is 17.9 Å². The molecular weight excluding hydrogens is 190 g/mol. The van der Waals surface area contributed by atoms with Gasteiger partial charge in [-0.15, -0.1) is 0 Å². The molecule has 1 saturated heterocycles. The fraction of sp³-hybridized carbons (Fsp3) is 0.818. The highest BCUT2D eigenvalue weighted by Gasteiger charge is 2.19. The molecule has 84 valence electrons. The number of nitriles is 1. The molecular formula is C11H19N3O. The Hall–Kier alpha value is -1.08. The van der Waals surface area contributed by atoms with Crippen molar-refractivity contribution in [1.82, 2.24) is 9.80 Å². The molecule has 0 saturated carbocycles. The molecule has 1 unspecified atom stereocenters. The van der Waals surface area contributed by atoms with Crippen LogP contribution in [-0.2, 0) is 4.79 Å². The lowest BCUT2D eigenvalue weighted by atomic mass is 10.2. The smallest absolute Gasteiger partial charge is 0.219 e. The van der Waals surface area contributed by atoms with Crippen LogP contribution in [0.3, 0.4) is 0 Å². The van der Waals surface area contributed by atoms with E-state index in [4.69, 9.17) is 5.26 Å². The monoisotopic (exact) mass is 209 g/mol. The maximum Gasteiger partial charge on any atom is 0.219 e. The Morgan fingerprint density at radius 3 is 2.73 bits per heavy atom. The first-order chi connectivity index (χ1) is 7.15. The number of nitrogens with zero attached hydrogens (tertiary/aromatic N) is 3. The molecule has 1 atom stereocenters. The van der Waals surface area contributed by atoms with E-state index in [1.54, 1.807) is 6.92 Å². The number of hydrogen-bond donors (Lipinski definition) is 0. The quantitative estimate of drug-likeness (QED) is 0.677. The summed E-state index contributed by atoms with van der Waals surface area (Å²) in [5, 5.41) is 8.64. The van der Waals surface area contributed by atoms with Crippen molar-refractivity contribution < 1.29 is 4.79 Å². The minimum atomic E-state index is 0.157. The summed E-state index contributed by atoms with van der Waals surface area (Å²) in [4.78, 5) is 15.4. The Morgan fingerprint density at radius 1 is 1.40 bits per heavy atom. The molecule has 0 spiro atoms. The van der Waals surface area contributed by atoms with Crippen LogP contribution in [0.2, 0.25) is 0 Å². The molecule has 1 aliphatic heterocycles. The van der Waals surface area contributed by atoms with Gasteiger partial charge in [-0.25, -0.2) is 0 Å². The van der Waals surface area contributed by atoms with Crippen molar-refractivity contribution in [2.45, 2.75) is 32.7 Å². The first-order valence-corrected chi connectivity index (χ1v) is 5.51. The van der Waals surface area contributed by atoms with Crippen molar-refractivity contribution in [2.75, 3.05) is 26.2 Å². The van der Waals surface area contributed by atoms with Gasteiger partial charge in [-0.3, -0.25) is 9.69 Å². The van der Waals surface area contributed by atoms with Crippen LogP contribution in [0.1, 0.15) is 26.7 Å². The first-order valence-electron chi connectivity index (χ1n) is 5.51. The van der Waals surface area contributed by atoms with E-state index in [1.807, 2.05) is 4.90 Å². The predicted octanol–water partition coefficient (Wildman–Crippen LogP) is 0.843. The number of amides is 1. The van der Waals surface area contributed by atoms with Crippen LogP contribution in [0.4, 0.5) is 0 Å². The van der Waals surface area contributed by atoms with Gasteiger partial charge in [0.2, 0.25) is 5.91 Å². The molecule has 1 aliphatic rings. The molecule has 0 bridgehead atoms. The third kappa shape index (κ3) is 3.52. The molecule has 1 heterocycles. The van der Waals surface area contributed by atoms with Crippen LogP contribution < -0.4 is 0 Å². The lowest BCUT2D eigenvalue weighted by Crippen LogP contribution is -2.37. The standard InChI is InChI=1S/C11H19N3O/c1-10(4-5-12)13-6-3-7-14(9-8-13)11(2)15/h10H,3-4,6-9H2,1-2H3. The van der Waals surface area contributed by atoms with E-state index in [1.165, 1.54) is 0 Å². The maximum atomic E-state index is 11.2. The molecule has 1 amide bonds. The van der Waals surface area contributed by atoms with E-state index in [-0.39, 0.29) is 5.91 Å². The minimum Gasteiger partial charge on any atom is -0.342 e. The zero-order valence-electron chi connectivity index (χ0n) is 9.57. The molecule has 0 radical (unpaired) electrons. The Labute approximate surface area is 91.5 Å². The normalized spacial score (nSPS) is 20.5. The lowest BCUT2D eigenvalue weighted by Gasteiger charge is -2.25. The maximum absolute atomic E-state index is 11.2. The average molecular weight is 209 g/mol. The summed E-state index contributed by atoms with van der Waals surface area (Å²) < 4.78 is 0. The molecule has 0 aromatic carbocycles. The van der Waals surface area contributed by atoms with E-state index >= 15 is 0 Å². The van der Waals surface area contributed by atoms with Gasteiger partial charge in [0.25, 0.3) is 0 Å². The van der Waals surface area contributed by atoms with Crippen molar-refractivity contribution >= 4 is 5.91 Å². The molecule has 0 aliphatic carbocycles. The van der Waals surface area contributed by atoms with Gasteiger partial charge in [0.05, 0.1) is 12.5 Å². The van der Waals surface area contributed by atoms with E-state index in [0.29, 0.717) is 12.5 Å². The van der Waals surface area contributed by atoms with Crippen LogP contribution in [-0.4, -0.2) is 47.9 Å². The van der Waals surface area contributed by atoms with Crippen LogP contribution in [0.15, 0.2) is 0 Å². The Kier molecular flexibility index (Phi) is 4.57. The minimum absolute atomic E-state index is 0.157. The Morgan fingerprint density at radius 2 is 2.13 bits per heavy atom. The van der Waals surface area contributed by atoms with Crippen molar-refractivity contribution in [3.05, 3.63) is 0 Å². The molecule has 0 aromatic heterocycles. The number of carbonyl (C=O) groups excluding carboxylic acids is 1. The highest BCUT2D eigenvalue weighted by Crippen LogP contribution is 2.09. The van der Waals surface area contributed by atoms with Gasteiger partial charge in [0.15, 0.2) is 0 Å². The van der Waals surface area contributed by atoms with E-state index in [0.717, 1.165) is 32.6 Å². The SMILES string of the molecule is CC(=O)N1CCCN(C(C)CC#N)CC1. The molecule has 0 aromatic rings. The van der Waals surface area contributed by atoms with E-state index < -0.39 is 0 Å². The lowest BCUT2D eigenvalue weighted by molar-refractivity contribution is -0.128. The second-order valence-corrected chi connectivity index (χ2v) is 4.11. The summed E-state index contributed by atoms with van der Waals surface area (Å²) in [6.07, 6.45) is 1.58. The highest BCUT2D eigenvalue weighted by molar-refractivity contribution is 5.73. The molecule has 4 nitrogen and oxygen atoms in total. The zero-order valence-corrected chi connectivity index (χ0v) is 9.57. The number of hydrogen-bond acceptors (Lipinski definition) is 3. The highest BCUT2D eigenvalue weighted by atomic mass is 16.2. The Bertz CT molecular complexity index is 259. The van der Waals surface area contributed by atoms with Crippen molar-refractivity contribution in [2.24, 2.45) is 0 Å². The van der Waals surface area contributed by atoms with Crippen molar-refractivity contribution in [3.8, 4) is 6.07 Å². The summed E-state index contributed by atoms with van der Waals surface area (Å²) in [6, 6.07) is 2.50. The fourth-order valence-corrected chi connectivity index (χ4v) is 1.95. The van der Waals surface area contributed by atoms with Gasteiger partial charge >= 0.3 is 0 Å². The number of rotatable bonds is 2. The van der Waals surface area contributed by atoms with Crippen LogP contribution >= 0.6 is 0 Å². The van der Waals surface area contributed by atoms with Gasteiger partial charge in [-0.2, -0.15) is 5.26 Å². The Balaban J connectivity index is 2.46. The van der Waals surface area contributed by atoms with Crippen LogP contribution in [0.5, 0.6) is 0 Å². The fourth-order valence-electron chi connectivity index (χ4n) is 1.95. The van der Waals surface area contributed by atoms with Crippen molar-refractivity contribution in [3.63, 3.8) is 0 Å². The second-order valence-electron chi connectivity index (χ2n) is 4.11. The second kappa shape index (κ2) is 5.72. The summed E-state index contributed by atoms with van der Waals surface area (Å²) in [5.41, 5.74) is 0.